The molecule has 170 valence electrons. The van der Waals surface area contributed by atoms with Crippen molar-refractivity contribution in [3.63, 3.8) is 0 Å². The van der Waals surface area contributed by atoms with Crippen molar-refractivity contribution >= 4 is 26.8 Å². The molecule has 0 aliphatic rings. The number of ether oxygens (including phenoxy) is 1. The smallest absolute Gasteiger partial charge is 0.302 e. The number of amides is 1. The van der Waals surface area contributed by atoms with Gasteiger partial charge in [-0.05, 0) is 41.3 Å². The molecule has 10 heteroatoms. The number of rotatable bonds is 5. The molecule has 0 aliphatic carbocycles. The van der Waals surface area contributed by atoms with Gasteiger partial charge < -0.3 is 4.74 Å². The van der Waals surface area contributed by atoms with Crippen LogP contribution in [0.15, 0.2) is 66.0 Å². The lowest BCUT2D eigenvalue weighted by Crippen LogP contribution is -2.32. The van der Waals surface area contributed by atoms with E-state index in [4.69, 9.17) is 4.74 Å². The monoisotopic (exact) mass is 465 g/mol. The molecule has 0 unspecified atom stereocenters. The SMILES string of the molecule is COc1ccc(C(C)(C)C)cc1S(=O)(=O)NC(=O)c1ncc2c(-n3cccn3)cccc2n1. The van der Waals surface area contributed by atoms with Crippen LogP contribution < -0.4 is 9.46 Å². The third-order valence-corrected chi connectivity index (χ3v) is 6.46. The van der Waals surface area contributed by atoms with Gasteiger partial charge >= 0.3 is 5.91 Å². The van der Waals surface area contributed by atoms with Crippen LogP contribution in [0.1, 0.15) is 37.0 Å². The van der Waals surface area contributed by atoms with E-state index in [-0.39, 0.29) is 21.9 Å². The van der Waals surface area contributed by atoms with Crippen LogP contribution in [-0.4, -0.2) is 41.2 Å². The molecular formula is C23H23N5O4S. The first kappa shape index (κ1) is 22.4. The fraction of sp³-hybridized carbons (Fsp3) is 0.217. The number of carbonyl (C=O) groups is 1. The summed E-state index contributed by atoms with van der Waals surface area (Å²) in [6.45, 7) is 5.89. The second kappa shape index (κ2) is 8.28. The minimum Gasteiger partial charge on any atom is -0.495 e. The minimum atomic E-state index is -4.25. The average molecular weight is 466 g/mol. The van der Waals surface area contributed by atoms with Crippen molar-refractivity contribution in [2.24, 2.45) is 0 Å². The Morgan fingerprint density at radius 1 is 1.12 bits per heavy atom. The van der Waals surface area contributed by atoms with Crippen LogP contribution >= 0.6 is 0 Å². The average Bonchev–Trinajstić information content (AvgIpc) is 3.31. The van der Waals surface area contributed by atoms with Gasteiger partial charge in [0.2, 0.25) is 5.82 Å². The Morgan fingerprint density at radius 3 is 2.58 bits per heavy atom. The van der Waals surface area contributed by atoms with E-state index in [1.165, 1.54) is 19.4 Å². The summed E-state index contributed by atoms with van der Waals surface area (Å²) < 4.78 is 35.1. The Bertz CT molecular complexity index is 1440. The number of benzene rings is 2. The molecule has 1 N–H and O–H groups in total. The van der Waals surface area contributed by atoms with E-state index in [1.807, 2.05) is 26.8 Å². The molecule has 0 atom stereocenters. The molecule has 0 fully saturated rings. The Hall–Kier alpha value is -3.79. The van der Waals surface area contributed by atoms with Gasteiger partial charge in [-0.15, -0.1) is 0 Å². The first-order valence-corrected chi connectivity index (χ1v) is 11.6. The molecule has 0 aliphatic heterocycles. The van der Waals surface area contributed by atoms with Crippen molar-refractivity contribution in [1.29, 1.82) is 0 Å². The van der Waals surface area contributed by atoms with Gasteiger partial charge in [0.15, 0.2) is 0 Å². The molecule has 9 nitrogen and oxygen atoms in total. The lowest BCUT2D eigenvalue weighted by molar-refractivity contribution is 0.0971. The third-order valence-electron chi connectivity index (χ3n) is 5.10. The van der Waals surface area contributed by atoms with E-state index < -0.39 is 15.9 Å². The quantitative estimate of drug-likeness (QED) is 0.481. The summed E-state index contributed by atoms with van der Waals surface area (Å²) in [6.07, 6.45) is 4.90. The number of sulfonamides is 1. The van der Waals surface area contributed by atoms with E-state index >= 15 is 0 Å². The van der Waals surface area contributed by atoms with Crippen molar-refractivity contribution in [3.8, 4) is 11.4 Å². The maximum absolute atomic E-state index is 13.1. The highest BCUT2D eigenvalue weighted by molar-refractivity contribution is 7.90. The maximum Gasteiger partial charge on any atom is 0.302 e. The van der Waals surface area contributed by atoms with Gasteiger partial charge in [-0.25, -0.2) is 27.8 Å². The van der Waals surface area contributed by atoms with Crippen molar-refractivity contribution < 1.29 is 17.9 Å². The van der Waals surface area contributed by atoms with Crippen LogP contribution in [0, 0.1) is 0 Å². The van der Waals surface area contributed by atoms with Gasteiger partial charge in [0.05, 0.1) is 18.3 Å². The van der Waals surface area contributed by atoms with Crippen LogP contribution in [0.25, 0.3) is 16.6 Å². The Balaban J connectivity index is 1.68. The first-order chi connectivity index (χ1) is 15.6. The molecule has 0 spiro atoms. The van der Waals surface area contributed by atoms with E-state index in [0.717, 1.165) is 11.3 Å². The molecule has 2 aromatic carbocycles. The van der Waals surface area contributed by atoms with Gasteiger partial charge in [-0.3, -0.25) is 4.79 Å². The summed E-state index contributed by atoms with van der Waals surface area (Å²) in [7, 11) is -2.88. The zero-order valence-corrected chi connectivity index (χ0v) is 19.4. The summed E-state index contributed by atoms with van der Waals surface area (Å²) in [6, 6.07) is 12.0. The van der Waals surface area contributed by atoms with Crippen LogP contribution in [-0.2, 0) is 15.4 Å². The zero-order valence-electron chi connectivity index (χ0n) is 18.6. The summed E-state index contributed by atoms with van der Waals surface area (Å²) in [5.74, 6) is -1.08. The number of methoxy groups -OCH3 is 1. The summed E-state index contributed by atoms with van der Waals surface area (Å²) in [4.78, 5) is 21.0. The summed E-state index contributed by atoms with van der Waals surface area (Å²) >= 11 is 0. The molecule has 4 rings (SSSR count). The molecule has 1 amide bonds. The van der Waals surface area contributed by atoms with Crippen LogP contribution in [0.5, 0.6) is 5.75 Å². The Labute approximate surface area is 191 Å². The highest BCUT2D eigenvalue weighted by Gasteiger charge is 2.27. The van der Waals surface area contributed by atoms with Crippen LogP contribution in [0.4, 0.5) is 0 Å². The first-order valence-electron chi connectivity index (χ1n) is 10.1. The summed E-state index contributed by atoms with van der Waals surface area (Å²) in [5, 5.41) is 4.87. The fourth-order valence-corrected chi connectivity index (χ4v) is 4.48. The molecule has 0 saturated carbocycles. The number of fused-ring (bicyclic) bond motifs is 1. The largest absolute Gasteiger partial charge is 0.495 e. The minimum absolute atomic E-state index is 0.131. The maximum atomic E-state index is 13.1. The van der Waals surface area contributed by atoms with Gasteiger partial charge in [0.1, 0.15) is 10.6 Å². The Kier molecular flexibility index (Phi) is 5.62. The van der Waals surface area contributed by atoms with E-state index in [9.17, 15) is 13.2 Å². The fourth-order valence-electron chi connectivity index (χ4n) is 3.34. The number of aromatic nitrogens is 4. The van der Waals surface area contributed by atoms with Crippen LogP contribution in [0.2, 0.25) is 0 Å². The highest BCUT2D eigenvalue weighted by Crippen LogP contribution is 2.30. The van der Waals surface area contributed by atoms with Crippen molar-refractivity contribution in [1.82, 2.24) is 24.5 Å². The third kappa shape index (κ3) is 4.42. The van der Waals surface area contributed by atoms with Crippen LogP contribution in [0.3, 0.4) is 0 Å². The lowest BCUT2D eigenvalue weighted by atomic mass is 9.87. The van der Waals surface area contributed by atoms with Crippen molar-refractivity contribution in [3.05, 3.63) is 72.4 Å². The molecule has 0 radical (unpaired) electrons. The van der Waals surface area contributed by atoms with Gasteiger partial charge in [-0.2, -0.15) is 5.10 Å². The van der Waals surface area contributed by atoms with Gasteiger partial charge in [0.25, 0.3) is 10.0 Å². The number of nitrogens with one attached hydrogen (secondary N) is 1. The molecule has 0 bridgehead atoms. The molecule has 2 aromatic heterocycles. The topological polar surface area (TPSA) is 116 Å². The summed E-state index contributed by atoms with van der Waals surface area (Å²) in [5.41, 5.74) is 1.70. The molecular weight excluding hydrogens is 442 g/mol. The van der Waals surface area contributed by atoms with E-state index in [1.54, 1.807) is 47.4 Å². The standard InChI is InChI=1S/C23H23N5O4S/c1-23(2,3)15-9-10-19(32-4)20(13-15)33(30,31)27-22(29)21-24-14-16-17(26-21)7-5-8-18(16)28-12-6-11-25-28/h5-14H,1-4H3,(H,27,29). The normalized spacial score (nSPS) is 12.0. The number of hydrogen-bond donors (Lipinski definition) is 1. The second-order valence-corrected chi connectivity index (χ2v) is 10.1. The predicted molar refractivity (Wildman–Crippen MR) is 123 cm³/mol. The van der Waals surface area contributed by atoms with Gasteiger partial charge in [-0.1, -0.05) is 32.9 Å². The zero-order chi connectivity index (χ0) is 23.8. The predicted octanol–water partition coefficient (Wildman–Crippen LogP) is 3.24. The number of nitrogens with zero attached hydrogens (tertiary/aromatic N) is 4. The van der Waals surface area contributed by atoms with E-state index in [0.29, 0.717) is 10.9 Å². The molecule has 0 saturated heterocycles. The van der Waals surface area contributed by atoms with Crippen molar-refractivity contribution in [2.45, 2.75) is 31.1 Å². The molecule has 4 aromatic rings. The molecule has 2 heterocycles. The second-order valence-electron chi connectivity index (χ2n) is 8.40. The van der Waals surface area contributed by atoms with Crippen molar-refractivity contribution in [2.75, 3.05) is 7.11 Å². The molecule has 33 heavy (non-hydrogen) atoms. The Morgan fingerprint density at radius 2 is 1.91 bits per heavy atom. The number of hydrogen-bond acceptors (Lipinski definition) is 7. The van der Waals surface area contributed by atoms with E-state index in [2.05, 4.69) is 19.8 Å². The number of carbonyl (C=O) groups excluding carboxylic acids is 1. The van der Waals surface area contributed by atoms with Gasteiger partial charge in [0, 0.05) is 24.0 Å². The highest BCUT2D eigenvalue weighted by atomic mass is 32.2. The lowest BCUT2D eigenvalue weighted by Gasteiger charge is -2.21.